The zero-order valence-electron chi connectivity index (χ0n) is 28.3. The number of benzene rings is 4. The van der Waals surface area contributed by atoms with Gasteiger partial charge in [-0.2, -0.15) is 0 Å². The highest BCUT2D eigenvalue weighted by Crippen LogP contribution is 2.41. The molecule has 4 aromatic carbocycles. The Morgan fingerprint density at radius 3 is 1.12 bits per heavy atom. The van der Waals surface area contributed by atoms with E-state index >= 15 is 0 Å². The van der Waals surface area contributed by atoms with E-state index in [1.165, 1.54) is 74.8 Å². The van der Waals surface area contributed by atoms with Gasteiger partial charge in [0.05, 0.1) is 0 Å². The van der Waals surface area contributed by atoms with Gasteiger partial charge < -0.3 is 0 Å². The molecule has 0 amide bonds. The Labute approximate surface area is 293 Å². The van der Waals surface area contributed by atoms with Crippen LogP contribution in [0, 0.1) is 11.8 Å². The van der Waals surface area contributed by atoms with E-state index < -0.39 is 0 Å². The number of carbonyl (C=O) groups is 2. The van der Waals surface area contributed by atoms with Gasteiger partial charge >= 0.3 is 0 Å². The Bertz CT molecular complexity index is 1460. The average molecular weight is 675 g/mol. The number of Topliss-reactive ketones (excluding diaryl/α,β-unsaturated/α-hetero) is 2. The fraction of sp³-hybridized carbons (Fsp3) is 0.409. The summed E-state index contributed by atoms with van der Waals surface area (Å²) in [6.07, 6.45) is 13.2. The molecular weight excluding hydrogens is 622 g/mol. The molecular formula is C44H52O2P2. The Morgan fingerprint density at radius 1 is 0.479 bits per heavy atom. The first-order chi connectivity index (χ1) is 23.5. The maximum atomic E-state index is 14.0. The predicted molar refractivity (Wildman–Crippen MR) is 208 cm³/mol. The second-order valence-corrected chi connectivity index (χ2v) is 15.4. The van der Waals surface area contributed by atoms with Crippen LogP contribution in [0.3, 0.4) is 0 Å². The first-order valence-electron chi connectivity index (χ1n) is 18.3. The first-order valence-corrected chi connectivity index (χ1v) is 19.9. The van der Waals surface area contributed by atoms with Crippen molar-refractivity contribution in [3.8, 4) is 0 Å². The molecule has 0 heterocycles. The summed E-state index contributed by atoms with van der Waals surface area (Å²) < 4.78 is 0. The minimum absolute atomic E-state index is 0.127. The van der Waals surface area contributed by atoms with Crippen molar-refractivity contribution in [3.63, 3.8) is 0 Å². The summed E-state index contributed by atoms with van der Waals surface area (Å²) in [7, 11) is 5.82. The number of rotatable bonds is 13. The second kappa shape index (κ2) is 17.1. The van der Waals surface area contributed by atoms with Crippen LogP contribution in [-0.4, -0.2) is 23.9 Å². The SMILES string of the molecule is O=C(C[C@H](c1ccccc1)[C@H](CC(=O)c1ccc(C2CCC(CP)CC2)cc1)c1ccccc1)c1ccc(C2CCC(CP)CC2)cc1. The molecule has 0 N–H and O–H groups in total. The topological polar surface area (TPSA) is 34.1 Å². The largest absolute Gasteiger partial charge is 0.294 e. The molecule has 0 aliphatic heterocycles. The van der Waals surface area contributed by atoms with Gasteiger partial charge in [-0.05, 0) is 121 Å². The fourth-order valence-corrected chi connectivity index (χ4v) is 9.31. The van der Waals surface area contributed by atoms with Crippen molar-refractivity contribution in [1.82, 2.24) is 0 Å². The summed E-state index contributed by atoms with van der Waals surface area (Å²) in [5, 5.41) is 0. The molecule has 0 aromatic heterocycles. The normalized spacial score (nSPS) is 22.5. The molecule has 2 aliphatic rings. The van der Waals surface area contributed by atoms with Crippen LogP contribution in [0.15, 0.2) is 109 Å². The van der Waals surface area contributed by atoms with Gasteiger partial charge in [-0.3, -0.25) is 9.59 Å². The van der Waals surface area contributed by atoms with E-state index in [9.17, 15) is 9.59 Å². The quantitative estimate of drug-likeness (QED) is 0.104. The lowest BCUT2D eigenvalue weighted by atomic mass is 9.74. The monoisotopic (exact) mass is 674 g/mol. The maximum absolute atomic E-state index is 14.0. The Kier molecular flexibility index (Phi) is 12.5. The van der Waals surface area contributed by atoms with Crippen LogP contribution < -0.4 is 0 Å². The summed E-state index contributed by atoms with van der Waals surface area (Å²) in [6, 6.07) is 37.6. The number of hydrogen-bond acceptors (Lipinski definition) is 2. The molecule has 2 fully saturated rings. The van der Waals surface area contributed by atoms with Crippen molar-refractivity contribution in [2.75, 3.05) is 12.3 Å². The van der Waals surface area contributed by atoms with Gasteiger partial charge in [0.2, 0.25) is 0 Å². The van der Waals surface area contributed by atoms with E-state index in [1.54, 1.807) is 0 Å². The van der Waals surface area contributed by atoms with Crippen LogP contribution in [0.1, 0.15) is 131 Å². The van der Waals surface area contributed by atoms with Gasteiger partial charge in [0.25, 0.3) is 0 Å². The summed E-state index contributed by atoms with van der Waals surface area (Å²) in [6.45, 7) is 0. The summed E-state index contributed by atoms with van der Waals surface area (Å²) in [5.74, 6) is 2.87. The molecule has 0 bridgehead atoms. The maximum Gasteiger partial charge on any atom is 0.163 e. The van der Waals surface area contributed by atoms with Gasteiger partial charge in [0.1, 0.15) is 0 Å². The van der Waals surface area contributed by atoms with Crippen LogP contribution in [0.2, 0.25) is 0 Å². The smallest absolute Gasteiger partial charge is 0.163 e. The zero-order valence-corrected chi connectivity index (χ0v) is 30.6. The van der Waals surface area contributed by atoms with Crippen LogP contribution in [0.25, 0.3) is 0 Å². The van der Waals surface area contributed by atoms with Gasteiger partial charge in [-0.25, -0.2) is 0 Å². The molecule has 2 nitrogen and oxygen atoms in total. The van der Waals surface area contributed by atoms with Crippen molar-refractivity contribution in [3.05, 3.63) is 143 Å². The van der Waals surface area contributed by atoms with E-state index in [1.807, 2.05) is 60.7 Å². The molecule has 4 aromatic rings. The molecule has 0 radical (unpaired) electrons. The summed E-state index contributed by atoms with van der Waals surface area (Å²) in [5.41, 5.74) is 6.45. The minimum atomic E-state index is -0.127. The van der Waals surface area contributed by atoms with Crippen molar-refractivity contribution in [2.24, 2.45) is 11.8 Å². The Morgan fingerprint density at radius 2 is 0.812 bits per heavy atom. The van der Waals surface area contributed by atoms with Crippen molar-refractivity contribution in [2.45, 2.75) is 87.9 Å². The molecule has 250 valence electrons. The van der Waals surface area contributed by atoms with E-state index in [2.05, 4.69) is 67.0 Å². The highest BCUT2D eigenvalue weighted by molar-refractivity contribution is 7.16. The van der Waals surface area contributed by atoms with E-state index in [4.69, 9.17) is 0 Å². The van der Waals surface area contributed by atoms with Crippen molar-refractivity contribution in [1.29, 1.82) is 0 Å². The molecule has 0 saturated heterocycles. The molecule has 48 heavy (non-hydrogen) atoms. The Hall–Kier alpha value is -2.92. The molecule has 2 unspecified atom stereocenters. The Balaban J connectivity index is 1.21. The van der Waals surface area contributed by atoms with Crippen molar-refractivity contribution < 1.29 is 9.59 Å². The lowest BCUT2D eigenvalue weighted by Gasteiger charge is -2.29. The first kappa shape index (κ1) is 34.9. The zero-order chi connectivity index (χ0) is 33.3. The minimum Gasteiger partial charge on any atom is -0.294 e. The second-order valence-electron chi connectivity index (χ2n) is 14.4. The number of ketones is 2. The molecule has 0 spiro atoms. The summed E-state index contributed by atoms with van der Waals surface area (Å²) in [4.78, 5) is 28.1. The van der Waals surface area contributed by atoms with Crippen LogP contribution in [-0.2, 0) is 0 Å². The fourth-order valence-electron chi connectivity index (χ4n) is 8.37. The van der Waals surface area contributed by atoms with Crippen LogP contribution in [0.5, 0.6) is 0 Å². The predicted octanol–water partition coefficient (Wildman–Crippen LogP) is 11.4. The van der Waals surface area contributed by atoms with Crippen LogP contribution >= 0.6 is 18.5 Å². The standard InChI is InChI=1S/C44H52O2P2/c45-43(39-23-19-35(20-24-39)33-15-11-31(29-47)12-16-33)27-41(37-7-3-1-4-8-37)42(38-9-5-2-6-10-38)28-44(46)40-25-21-36(22-26-40)34-17-13-32(30-48)14-18-34/h1-10,19-26,31-34,41-42H,11-18,27-30,47-48H2/t31?,32?,33?,34?,41-,42-/m1/s1. The van der Waals surface area contributed by atoms with Gasteiger partial charge in [0, 0.05) is 24.0 Å². The van der Waals surface area contributed by atoms with E-state index in [0.29, 0.717) is 24.7 Å². The van der Waals surface area contributed by atoms with E-state index in [0.717, 1.165) is 34.1 Å². The molecule has 2 aliphatic carbocycles. The van der Waals surface area contributed by atoms with Gasteiger partial charge in [0.15, 0.2) is 11.6 Å². The molecule has 6 rings (SSSR count). The van der Waals surface area contributed by atoms with Gasteiger partial charge in [-0.15, -0.1) is 18.5 Å². The lowest BCUT2D eigenvalue weighted by Crippen LogP contribution is -2.19. The van der Waals surface area contributed by atoms with E-state index in [-0.39, 0.29) is 23.4 Å². The highest BCUT2D eigenvalue weighted by atomic mass is 31.0. The highest BCUT2D eigenvalue weighted by Gasteiger charge is 2.30. The third kappa shape index (κ3) is 8.80. The molecule has 4 heteroatoms. The number of hydrogen-bond donors (Lipinski definition) is 0. The number of carbonyl (C=O) groups excluding carboxylic acids is 2. The third-order valence-corrected chi connectivity index (χ3v) is 12.9. The van der Waals surface area contributed by atoms with Gasteiger partial charge in [-0.1, -0.05) is 109 Å². The summed E-state index contributed by atoms with van der Waals surface area (Å²) >= 11 is 0. The average Bonchev–Trinajstić information content (AvgIpc) is 3.17. The molecule has 2 saturated carbocycles. The molecule has 4 atom stereocenters. The lowest BCUT2D eigenvalue weighted by molar-refractivity contribution is 0.0936. The van der Waals surface area contributed by atoms with Crippen molar-refractivity contribution >= 4 is 30.0 Å². The third-order valence-electron chi connectivity index (χ3n) is 11.5. The van der Waals surface area contributed by atoms with Crippen LogP contribution in [0.4, 0.5) is 0 Å².